The summed E-state index contributed by atoms with van der Waals surface area (Å²) in [5, 5.41) is 3.74. The molecule has 1 saturated heterocycles. The van der Waals surface area contributed by atoms with Gasteiger partial charge in [-0.1, -0.05) is 28.1 Å². The minimum absolute atomic E-state index is 0.152. The van der Waals surface area contributed by atoms with Crippen molar-refractivity contribution < 1.29 is 14.3 Å². The lowest BCUT2D eigenvalue weighted by Crippen LogP contribution is -2.53. The van der Waals surface area contributed by atoms with Crippen LogP contribution >= 0.6 is 15.9 Å². The highest BCUT2D eigenvalue weighted by Gasteiger charge is 2.28. The molecule has 2 heterocycles. The highest BCUT2D eigenvalue weighted by molar-refractivity contribution is 9.10. The Balaban J connectivity index is 1.49. The molecule has 1 fully saturated rings. The summed E-state index contributed by atoms with van der Waals surface area (Å²) in [4.78, 5) is 33.2. The Morgan fingerprint density at radius 2 is 1.85 bits per heavy atom. The fourth-order valence-corrected chi connectivity index (χ4v) is 4.73. The molecule has 0 bridgehead atoms. The number of aryl methyl sites for hydroxylation is 1. The zero-order valence-electron chi connectivity index (χ0n) is 19.4. The summed E-state index contributed by atoms with van der Waals surface area (Å²) < 4.78 is 5.78. The van der Waals surface area contributed by atoms with Crippen LogP contribution in [0.4, 0.5) is 11.4 Å². The number of esters is 1. The number of benzene rings is 2. The maximum atomic E-state index is 13.2. The van der Waals surface area contributed by atoms with Crippen molar-refractivity contribution in [3.8, 4) is 0 Å². The number of ether oxygens (including phenoxy) is 1. The van der Waals surface area contributed by atoms with Crippen LogP contribution in [0.3, 0.4) is 0 Å². The van der Waals surface area contributed by atoms with Crippen LogP contribution in [-0.4, -0.2) is 61.1 Å². The quantitative estimate of drug-likeness (QED) is 0.492. The first-order valence-corrected chi connectivity index (χ1v) is 11.8. The average molecular weight is 513 g/mol. The van der Waals surface area contributed by atoms with Crippen molar-refractivity contribution >= 4 is 50.1 Å². The minimum atomic E-state index is -0.521. The Labute approximate surface area is 202 Å². The van der Waals surface area contributed by atoms with Crippen LogP contribution in [-0.2, 0) is 9.53 Å². The predicted molar refractivity (Wildman–Crippen MR) is 135 cm³/mol. The van der Waals surface area contributed by atoms with E-state index in [0.717, 1.165) is 41.6 Å². The predicted octanol–water partition coefficient (Wildman–Crippen LogP) is 4.48. The van der Waals surface area contributed by atoms with Gasteiger partial charge in [0.2, 0.25) is 5.91 Å². The molecule has 1 aromatic heterocycles. The van der Waals surface area contributed by atoms with Crippen molar-refractivity contribution in [1.29, 1.82) is 0 Å². The number of H-pyrrole nitrogens is 1. The van der Waals surface area contributed by atoms with E-state index in [-0.39, 0.29) is 17.6 Å². The van der Waals surface area contributed by atoms with Crippen molar-refractivity contribution in [2.45, 2.75) is 26.8 Å². The van der Waals surface area contributed by atoms with Crippen LogP contribution in [0.25, 0.3) is 10.9 Å². The molecule has 0 radical (unpaired) electrons. The number of nitrogens with zero attached hydrogens (tertiary/aromatic N) is 2. The van der Waals surface area contributed by atoms with Crippen molar-refractivity contribution in [3.63, 3.8) is 0 Å². The summed E-state index contributed by atoms with van der Waals surface area (Å²) >= 11 is 3.47. The first kappa shape index (κ1) is 23.3. The molecule has 33 heavy (non-hydrogen) atoms. The minimum Gasteiger partial charge on any atom is -0.464 e. The van der Waals surface area contributed by atoms with E-state index >= 15 is 0 Å². The Morgan fingerprint density at radius 1 is 1.12 bits per heavy atom. The summed E-state index contributed by atoms with van der Waals surface area (Å²) in [6, 6.07) is 11.7. The molecule has 0 aliphatic carbocycles. The van der Waals surface area contributed by atoms with Gasteiger partial charge in [-0.15, -0.1) is 0 Å². The van der Waals surface area contributed by atoms with Crippen LogP contribution in [0.1, 0.15) is 28.5 Å². The molecule has 1 amide bonds. The number of halogens is 1. The lowest BCUT2D eigenvalue weighted by atomic mass is 10.1. The summed E-state index contributed by atoms with van der Waals surface area (Å²) in [7, 11) is 1.33. The van der Waals surface area contributed by atoms with Crippen molar-refractivity contribution in [3.05, 3.63) is 57.7 Å². The average Bonchev–Trinajstić information content (AvgIpc) is 3.17. The zero-order valence-corrected chi connectivity index (χ0v) is 21.0. The Hall–Kier alpha value is -2.84. The van der Waals surface area contributed by atoms with E-state index in [1.54, 1.807) is 0 Å². The number of aromatic amines is 1. The lowest BCUT2D eigenvalue weighted by Gasteiger charge is -2.39. The molecule has 0 unspecified atom stereocenters. The third-order valence-electron chi connectivity index (χ3n) is 6.56. The van der Waals surface area contributed by atoms with Crippen LogP contribution < -0.4 is 10.2 Å². The monoisotopic (exact) mass is 512 g/mol. The zero-order chi connectivity index (χ0) is 23.7. The molecule has 7 nitrogen and oxygen atoms in total. The van der Waals surface area contributed by atoms with Crippen LogP contribution in [0, 0.1) is 13.8 Å². The van der Waals surface area contributed by atoms with E-state index in [1.165, 1.54) is 23.9 Å². The molecule has 2 aromatic carbocycles. The number of carbonyl (C=O) groups excluding carboxylic acids is 2. The number of methoxy groups -OCH3 is 1. The number of carbonyl (C=O) groups is 2. The number of hydrogen-bond acceptors (Lipinski definition) is 5. The van der Waals surface area contributed by atoms with E-state index < -0.39 is 5.97 Å². The molecule has 3 aromatic rings. The maximum Gasteiger partial charge on any atom is 0.356 e. The molecule has 2 N–H and O–H groups in total. The molecule has 1 aliphatic rings. The Morgan fingerprint density at radius 3 is 2.55 bits per heavy atom. The smallest absolute Gasteiger partial charge is 0.356 e. The number of fused-ring (bicyclic) bond motifs is 1. The number of rotatable bonds is 5. The van der Waals surface area contributed by atoms with Gasteiger partial charge in [-0.05, 0) is 56.2 Å². The largest absolute Gasteiger partial charge is 0.464 e. The van der Waals surface area contributed by atoms with E-state index in [4.69, 9.17) is 4.74 Å². The van der Waals surface area contributed by atoms with Gasteiger partial charge >= 0.3 is 5.97 Å². The molecule has 8 heteroatoms. The van der Waals surface area contributed by atoms with E-state index in [2.05, 4.69) is 68.1 Å². The Bertz CT molecular complexity index is 1200. The third kappa shape index (κ3) is 4.63. The van der Waals surface area contributed by atoms with Crippen LogP contribution in [0.15, 0.2) is 40.9 Å². The van der Waals surface area contributed by atoms with Gasteiger partial charge < -0.3 is 19.9 Å². The molecule has 0 spiro atoms. The number of piperazine rings is 1. The van der Waals surface area contributed by atoms with E-state index in [1.807, 2.05) is 25.1 Å². The Kier molecular flexibility index (Phi) is 6.76. The SMILES string of the molecule is COC(=O)c1[nH]c2ccc(Br)cc2c1NC(=O)[C@H](C)N1CCN(c2cccc(C)c2C)CC1. The summed E-state index contributed by atoms with van der Waals surface area (Å²) in [5.74, 6) is -0.673. The fraction of sp³-hybridized carbons (Fsp3) is 0.360. The molecule has 0 saturated carbocycles. The van der Waals surface area contributed by atoms with Crippen molar-refractivity contribution in [2.24, 2.45) is 0 Å². The second kappa shape index (κ2) is 9.57. The first-order chi connectivity index (χ1) is 15.8. The van der Waals surface area contributed by atoms with Crippen LogP contribution in [0.5, 0.6) is 0 Å². The molecular weight excluding hydrogens is 484 g/mol. The molecule has 1 atom stereocenters. The van der Waals surface area contributed by atoms with Gasteiger partial charge in [0.25, 0.3) is 0 Å². The lowest BCUT2D eigenvalue weighted by molar-refractivity contribution is -0.120. The highest BCUT2D eigenvalue weighted by atomic mass is 79.9. The van der Waals surface area contributed by atoms with Crippen molar-refractivity contribution in [1.82, 2.24) is 9.88 Å². The molecular formula is C25H29BrN4O3. The molecule has 4 rings (SSSR count). The van der Waals surface area contributed by atoms with E-state index in [9.17, 15) is 9.59 Å². The summed E-state index contributed by atoms with van der Waals surface area (Å²) in [6.07, 6.45) is 0. The third-order valence-corrected chi connectivity index (χ3v) is 7.05. The highest BCUT2D eigenvalue weighted by Crippen LogP contribution is 2.31. The second-order valence-electron chi connectivity index (χ2n) is 8.46. The summed E-state index contributed by atoms with van der Waals surface area (Å²) in [6.45, 7) is 9.48. The molecule has 1 aliphatic heterocycles. The van der Waals surface area contributed by atoms with Gasteiger partial charge in [0.1, 0.15) is 5.69 Å². The summed E-state index contributed by atoms with van der Waals surface area (Å²) in [5.41, 5.74) is 5.30. The second-order valence-corrected chi connectivity index (χ2v) is 9.38. The topological polar surface area (TPSA) is 77.7 Å². The first-order valence-electron chi connectivity index (χ1n) is 11.1. The number of nitrogens with one attached hydrogen (secondary N) is 2. The number of amides is 1. The van der Waals surface area contributed by atoms with Gasteiger partial charge in [0.05, 0.1) is 18.8 Å². The van der Waals surface area contributed by atoms with Gasteiger partial charge in [0, 0.05) is 47.2 Å². The van der Waals surface area contributed by atoms with Crippen LogP contribution in [0.2, 0.25) is 0 Å². The van der Waals surface area contributed by atoms with Gasteiger partial charge in [-0.3, -0.25) is 9.69 Å². The maximum absolute atomic E-state index is 13.2. The molecule has 174 valence electrons. The van der Waals surface area contributed by atoms with Crippen molar-refractivity contribution in [2.75, 3.05) is 43.5 Å². The normalized spacial score (nSPS) is 15.5. The standard InChI is InChI=1S/C25H29BrN4O3/c1-15-6-5-7-21(16(15)2)30-12-10-29(11-13-30)17(3)24(31)28-22-19-14-18(26)8-9-20(19)27-23(22)25(32)33-4/h5-9,14,17,27H,10-13H2,1-4H3,(H,28,31)/t17-/m0/s1. The number of hydrogen-bond donors (Lipinski definition) is 2. The van der Waals surface area contributed by atoms with Gasteiger partial charge in [-0.2, -0.15) is 0 Å². The van der Waals surface area contributed by atoms with Gasteiger partial charge in [-0.25, -0.2) is 4.79 Å². The number of aromatic nitrogens is 1. The van der Waals surface area contributed by atoms with E-state index in [0.29, 0.717) is 5.69 Å². The van der Waals surface area contributed by atoms with Gasteiger partial charge in [0.15, 0.2) is 0 Å². The fourth-order valence-electron chi connectivity index (χ4n) is 4.37. The number of anilines is 2.